The molecule has 5 nitrogen and oxygen atoms in total. The first-order valence-electron chi connectivity index (χ1n) is 5.27. The molecule has 0 aliphatic heterocycles. The first-order chi connectivity index (χ1) is 7.20. The first kappa shape index (κ1) is 11.9. The Morgan fingerprint density at radius 3 is 2.67 bits per heavy atom. The topological polar surface area (TPSA) is 82.9 Å². The summed E-state index contributed by atoms with van der Waals surface area (Å²) in [7, 11) is 0. The van der Waals surface area contributed by atoms with Gasteiger partial charge in [-0.25, -0.2) is 4.79 Å². The Morgan fingerprint density at radius 1 is 1.60 bits per heavy atom. The molecule has 0 aromatic rings. The summed E-state index contributed by atoms with van der Waals surface area (Å²) in [5.74, 6) is -0.722. The van der Waals surface area contributed by atoms with Gasteiger partial charge in [0.25, 0.3) is 0 Å². The molecule has 5 heteroatoms. The van der Waals surface area contributed by atoms with E-state index in [1.807, 2.05) is 0 Å². The number of esters is 1. The quantitative estimate of drug-likeness (QED) is 0.323. The zero-order chi connectivity index (χ0) is 11.3. The lowest BCUT2D eigenvalue weighted by Crippen LogP contribution is -2.36. The fraction of sp³-hybridized carbons (Fsp3) is 0.800. The van der Waals surface area contributed by atoms with Crippen LogP contribution in [-0.4, -0.2) is 34.3 Å². The zero-order valence-electron chi connectivity index (χ0n) is 8.85. The number of hydrogen-bond donors (Lipinski definition) is 1. The van der Waals surface area contributed by atoms with Gasteiger partial charge in [-0.2, -0.15) is 4.79 Å². The van der Waals surface area contributed by atoms with Crippen LogP contribution < -0.4 is 0 Å². The number of carbonyl (C=O) groups excluding carboxylic acids is 1. The molecule has 84 valence electrons. The van der Waals surface area contributed by atoms with Gasteiger partial charge < -0.3 is 15.4 Å². The molecule has 1 N–H and O–H groups in total. The fourth-order valence-electron chi connectivity index (χ4n) is 1.92. The molecular formula is C10H16N2O3. The van der Waals surface area contributed by atoms with Crippen molar-refractivity contribution in [2.24, 2.45) is 5.92 Å². The zero-order valence-corrected chi connectivity index (χ0v) is 8.85. The second-order valence-electron chi connectivity index (χ2n) is 3.70. The predicted molar refractivity (Wildman–Crippen MR) is 53.2 cm³/mol. The fourth-order valence-corrected chi connectivity index (χ4v) is 1.92. The molecule has 1 unspecified atom stereocenters. The van der Waals surface area contributed by atoms with E-state index in [0.717, 1.165) is 25.7 Å². The Morgan fingerprint density at radius 2 is 2.20 bits per heavy atom. The van der Waals surface area contributed by atoms with Crippen LogP contribution >= 0.6 is 0 Å². The number of aliphatic hydroxyl groups is 1. The van der Waals surface area contributed by atoms with Gasteiger partial charge in [-0.15, -0.1) is 0 Å². The standard InChI is InChI=1S/C10H16N2O3/c1-2-15-10(14)8(12-11)9(13)7-5-3-4-6-7/h7,9,13H,2-6H2,1H3. The van der Waals surface area contributed by atoms with E-state index in [1.54, 1.807) is 6.92 Å². The summed E-state index contributed by atoms with van der Waals surface area (Å²) >= 11 is 0. The third kappa shape index (κ3) is 2.88. The van der Waals surface area contributed by atoms with Gasteiger partial charge in [0.15, 0.2) is 6.10 Å². The van der Waals surface area contributed by atoms with Crippen LogP contribution in [0.4, 0.5) is 0 Å². The van der Waals surface area contributed by atoms with Crippen molar-refractivity contribution in [3.05, 3.63) is 5.53 Å². The van der Waals surface area contributed by atoms with Crippen LogP contribution in [0.25, 0.3) is 5.53 Å². The number of carbonyl (C=O) groups is 1. The van der Waals surface area contributed by atoms with Crippen molar-refractivity contribution in [2.45, 2.75) is 38.7 Å². The lowest BCUT2D eigenvalue weighted by molar-refractivity contribution is -0.141. The third-order valence-corrected chi connectivity index (χ3v) is 2.72. The molecule has 1 rings (SSSR count). The largest absolute Gasteiger partial charge is 0.457 e. The Balaban J connectivity index is 2.65. The molecule has 0 radical (unpaired) electrons. The Hall–Kier alpha value is -1.19. The summed E-state index contributed by atoms with van der Waals surface area (Å²) in [5.41, 5.74) is 8.41. The molecule has 0 aromatic heterocycles. The number of aliphatic hydroxyl groups excluding tert-OH is 1. The molecule has 0 amide bonds. The highest BCUT2D eigenvalue weighted by atomic mass is 16.5. The van der Waals surface area contributed by atoms with Crippen molar-refractivity contribution >= 4 is 11.7 Å². The molecular weight excluding hydrogens is 196 g/mol. The highest BCUT2D eigenvalue weighted by molar-refractivity contribution is 6.35. The summed E-state index contributed by atoms with van der Waals surface area (Å²) < 4.78 is 4.69. The third-order valence-electron chi connectivity index (χ3n) is 2.72. The van der Waals surface area contributed by atoms with E-state index in [2.05, 4.69) is 9.53 Å². The smallest absolute Gasteiger partial charge is 0.419 e. The number of rotatable bonds is 4. The molecule has 0 heterocycles. The molecule has 0 aromatic carbocycles. The number of nitrogens with zero attached hydrogens (tertiary/aromatic N) is 2. The Bertz CT molecular complexity index is 278. The van der Waals surface area contributed by atoms with Crippen LogP contribution in [0, 0.1) is 5.92 Å². The Labute approximate surface area is 88.7 Å². The maximum Gasteiger partial charge on any atom is 0.419 e. The van der Waals surface area contributed by atoms with E-state index in [0.29, 0.717) is 0 Å². The van der Waals surface area contributed by atoms with E-state index in [-0.39, 0.29) is 18.2 Å². The molecule has 1 aliphatic rings. The van der Waals surface area contributed by atoms with Gasteiger partial charge in [-0.1, -0.05) is 12.8 Å². The maximum atomic E-state index is 11.3. The van der Waals surface area contributed by atoms with Gasteiger partial charge in [0, 0.05) is 0 Å². The lowest BCUT2D eigenvalue weighted by atomic mass is 9.97. The van der Waals surface area contributed by atoms with Gasteiger partial charge in [-0.3, -0.25) is 0 Å². The van der Waals surface area contributed by atoms with Gasteiger partial charge in [0.1, 0.15) is 0 Å². The van der Waals surface area contributed by atoms with Crippen LogP contribution in [0.3, 0.4) is 0 Å². The molecule has 1 fully saturated rings. The molecule has 1 atom stereocenters. The van der Waals surface area contributed by atoms with Crippen molar-refractivity contribution in [3.8, 4) is 0 Å². The average molecular weight is 212 g/mol. The van der Waals surface area contributed by atoms with Crippen molar-refractivity contribution in [3.63, 3.8) is 0 Å². The van der Waals surface area contributed by atoms with Crippen molar-refractivity contribution < 1.29 is 19.4 Å². The first-order valence-corrected chi connectivity index (χ1v) is 5.27. The van der Waals surface area contributed by atoms with Crippen LogP contribution in [0.5, 0.6) is 0 Å². The molecule has 0 spiro atoms. The van der Waals surface area contributed by atoms with Crippen LogP contribution in [-0.2, 0) is 9.53 Å². The van der Waals surface area contributed by atoms with E-state index in [9.17, 15) is 9.90 Å². The van der Waals surface area contributed by atoms with Gasteiger partial charge in [0.05, 0.1) is 6.61 Å². The minimum atomic E-state index is -1.00. The summed E-state index contributed by atoms with van der Waals surface area (Å²) in [4.78, 5) is 14.1. The lowest BCUT2D eigenvalue weighted by Gasteiger charge is -2.12. The van der Waals surface area contributed by atoms with Gasteiger partial charge in [0.2, 0.25) is 0 Å². The molecule has 15 heavy (non-hydrogen) atoms. The molecule has 1 saturated carbocycles. The summed E-state index contributed by atoms with van der Waals surface area (Å²) in [6.45, 7) is 1.87. The van der Waals surface area contributed by atoms with E-state index in [4.69, 9.17) is 5.53 Å². The van der Waals surface area contributed by atoms with Gasteiger partial charge in [-0.05, 0) is 25.7 Å². The van der Waals surface area contributed by atoms with Crippen molar-refractivity contribution in [1.82, 2.24) is 0 Å². The highest BCUT2D eigenvalue weighted by Crippen LogP contribution is 2.28. The second-order valence-corrected chi connectivity index (χ2v) is 3.70. The van der Waals surface area contributed by atoms with E-state index >= 15 is 0 Å². The molecule has 0 saturated heterocycles. The summed E-state index contributed by atoms with van der Waals surface area (Å²) in [5, 5.41) is 9.81. The number of ether oxygens (including phenoxy) is 1. The van der Waals surface area contributed by atoms with Gasteiger partial charge >= 0.3 is 11.7 Å². The van der Waals surface area contributed by atoms with Crippen LogP contribution in [0.2, 0.25) is 0 Å². The average Bonchev–Trinajstić information content (AvgIpc) is 2.71. The summed E-state index contributed by atoms with van der Waals surface area (Å²) in [6, 6.07) is 0. The number of hydrogen-bond acceptors (Lipinski definition) is 3. The monoisotopic (exact) mass is 212 g/mol. The SMILES string of the molecule is CCOC(=O)C(=[N+]=[N-])C(O)C1CCCC1. The maximum absolute atomic E-state index is 11.3. The van der Waals surface area contributed by atoms with Crippen molar-refractivity contribution in [2.75, 3.05) is 6.61 Å². The molecule has 1 aliphatic carbocycles. The normalized spacial score (nSPS) is 18.3. The van der Waals surface area contributed by atoms with E-state index in [1.165, 1.54) is 0 Å². The Kier molecular flexibility index (Phi) is 4.46. The predicted octanol–water partition coefficient (Wildman–Crippen LogP) is 0.771. The van der Waals surface area contributed by atoms with E-state index < -0.39 is 12.1 Å². The molecule has 0 bridgehead atoms. The van der Waals surface area contributed by atoms with Crippen LogP contribution in [0.15, 0.2) is 0 Å². The van der Waals surface area contributed by atoms with Crippen molar-refractivity contribution in [1.29, 1.82) is 0 Å². The second kappa shape index (κ2) is 5.63. The highest BCUT2D eigenvalue weighted by Gasteiger charge is 2.38. The minimum Gasteiger partial charge on any atom is -0.457 e. The van der Waals surface area contributed by atoms with Crippen LogP contribution in [0.1, 0.15) is 32.6 Å². The minimum absolute atomic E-state index is 0.0142. The summed E-state index contributed by atoms with van der Waals surface area (Å²) in [6.07, 6.45) is 2.81.